The Hall–Kier alpha value is -5.67. The Morgan fingerprint density at radius 1 is 0.587 bits per heavy atom. The summed E-state index contributed by atoms with van der Waals surface area (Å²) in [6, 6.07) is 43.6. The summed E-state index contributed by atoms with van der Waals surface area (Å²) < 4.78 is 0. The lowest BCUT2D eigenvalue weighted by Crippen LogP contribution is -2.27. The van der Waals surface area contributed by atoms with Gasteiger partial charge in [0.2, 0.25) is 0 Å². The number of hydrogen-bond acceptors (Lipinski definition) is 3. The van der Waals surface area contributed by atoms with Crippen molar-refractivity contribution in [2.45, 2.75) is 25.2 Å². The number of benzene rings is 5. The van der Waals surface area contributed by atoms with Gasteiger partial charge in [0.25, 0.3) is 0 Å². The van der Waals surface area contributed by atoms with Crippen molar-refractivity contribution >= 4 is 11.3 Å². The lowest BCUT2D eigenvalue weighted by molar-refractivity contribution is 0.786. The molecule has 0 atom stereocenters. The van der Waals surface area contributed by atoms with E-state index in [9.17, 15) is 0 Å². The molecule has 3 aliphatic carbocycles. The second-order valence-corrected chi connectivity index (χ2v) is 12.4. The first-order valence-corrected chi connectivity index (χ1v) is 16.0. The molecule has 0 saturated carbocycles. The van der Waals surface area contributed by atoms with E-state index < -0.39 is 5.41 Å². The quantitative estimate of drug-likeness (QED) is 0.208. The molecule has 0 radical (unpaired) electrons. The van der Waals surface area contributed by atoms with Crippen LogP contribution in [0, 0.1) is 5.41 Å². The highest BCUT2D eigenvalue weighted by Crippen LogP contribution is 2.63. The Bertz CT molecular complexity index is 2220. The summed E-state index contributed by atoms with van der Waals surface area (Å²) in [6.07, 6.45) is 8.71. The zero-order chi connectivity index (χ0) is 30.8. The highest BCUT2D eigenvalue weighted by molar-refractivity contribution is 5.98. The Kier molecular flexibility index (Phi) is 5.91. The van der Waals surface area contributed by atoms with Crippen LogP contribution < -0.4 is 0 Å². The van der Waals surface area contributed by atoms with Gasteiger partial charge in [-0.25, -0.2) is 9.97 Å². The maximum Gasteiger partial charge on any atom is 0.160 e. The van der Waals surface area contributed by atoms with Gasteiger partial charge in [-0.05, 0) is 64.3 Å². The minimum Gasteiger partial charge on any atom is -0.305 e. The number of nitrogens with one attached hydrogen (secondary N) is 1. The molecule has 1 N–H and O–H groups in total. The highest BCUT2D eigenvalue weighted by Gasteiger charge is 2.54. The Morgan fingerprint density at radius 2 is 1.11 bits per heavy atom. The third-order valence-electron chi connectivity index (χ3n) is 9.89. The molecule has 0 saturated heterocycles. The van der Waals surface area contributed by atoms with E-state index in [1.165, 1.54) is 33.4 Å². The monoisotopic (exact) mass is 589 g/mol. The van der Waals surface area contributed by atoms with Crippen LogP contribution >= 0.6 is 0 Å². The molecule has 1 spiro atoms. The van der Waals surface area contributed by atoms with E-state index in [2.05, 4.69) is 127 Å². The first-order valence-electron chi connectivity index (χ1n) is 16.0. The van der Waals surface area contributed by atoms with Gasteiger partial charge in [0.1, 0.15) is 0 Å². The average molecular weight is 590 g/mol. The number of allylic oxidation sites excluding steroid dienone is 4. The van der Waals surface area contributed by atoms with E-state index in [1.807, 2.05) is 19.1 Å². The minimum atomic E-state index is -0.525. The summed E-state index contributed by atoms with van der Waals surface area (Å²) in [7, 11) is 0. The average Bonchev–Trinajstić information content (AvgIpc) is 3.59. The second-order valence-electron chi connectivity index (χ2n) is 12.4. The molecule has 9 rings (SSSR count). The highest BCUT2D eigenvalue weighted by atomic mass is 14.9. The summed E-state index contributed by atoms with van der Waals surface area (Å²) in [5.41, 5.74) is 16.1. The van der Waals surface area contributed by atoms with Crippen LogP contribution in [0.2, 0.25) is 0 Å². The molecular weight excluding hydrogens is 558 g/mol. The second kappa shape index (κ2) is 10.2. The summed E-state index contributed by atoms with van der Waals surface area (Å²) >= 11 is 0. The molecular formula is C43H31N3. The van der Waals surface area contributed by atoms with E-state index in [-0.39, 0.29) is 0 Å². The predicted molar refractivity (Wildman–Crippen MR) is 188 cm³/mol. The van der Waals surface area contributed by atoms with Gasteiger partial charge >= 0.3 is 0 Å². The van der Waals surface area contributed by atoms with Crippen LogP contribution in [-0.4, -0.2) is 15.7 Å². The van der Waals surface area contributed by atoms with Crippen molar-refractivity contribution in [2.75, 3.05) is 0 Å². The molecule has 218 valence electrons. The number of hydrogen-bond donors (Lipinski definition) is 1. The SMILES string of the molecule is CC(=N)c1ccc(-c2ccc(-c3nc(C4=CCCC=C4)nc4c3C3(c5ccccc5-c5ccccc53)c3ccccc3-4)cc2)cc1. The summed E-state index contributed by atoms with van der Waals surface area (Å²) in [4.78, 5) is 10.9. The summed E-state index contributed by atoms with van der Waals surface area (Å²) in [6.45, 7) is 1.82. The van der Waals surface area contributed by atoms with Crippen molar-refractivity contribution in [1.29, 1.82) is 5.41 Å². The fourth-order valence-corrected chi connectivity index (χ4v) is 7.81. The molecule has 3 nitrogen and oxygen atoms in total. The molecule has 0 fully saturated rings. The smallest absolute Gasteiger partial charge is 0.160 e. The molecule has 3 aliphatic rings. The molecule has 6 aromatic rings. The van der Waals surface area contributed by atoms with Gasteiger partial charge in [-0.2, -0.15) is 0 Å². The Balaban J connectivity index is 1.33. The van der Waals surface area contributed by atoms with E-state index >= 15 is 0 Å². The molecule has 0 amide bonds. The number of aromatic nitrogens is 2. The molecule has 46 heavy (non-hydrogen) atoms. The van der Waals surface area contributed by atoms with E-state index in [0.717, 1.165) is 63.4 Å². The van der Waals surface area contributed by atoms with Crippen molar-refractivity contribution in [3.63, 3.8) is 0 Å². The molecule has 3 heteroatoms. The largest absolute Gasteiger partial charge is 0.305 e. The summed E-state index contributed by atoms with van der Waals surface area (Å²) in [5.74, 6) is 0.776. The lowest BCUT2D eigenvalue weighted by Gasteiger charge is -2.31. The zero-order valence-corrected chi connectivity index (χ0v) is 25.6. The lowest BCUT2D eigenvalue weighted by atomic mass is 9.69. The van der Waals surface area contributed by atoms with Crippen LogP contribution in [0.4, 0.5) is 0 Å². The van der Waals surface area contributed by atoms with Crippen molar-refractivity contribution in [2.24, 2.45) is 0 Å². The fourth-order valence-electron chi connectivity index (χ4n) is 7.81. The topological polar surface area (TPSA) is 49.6 Å². The van der Waals surface area contributed by atoms with Gasteiger partial charge in [-0.15, -0.1) is 0 Å². The predicted octanol–water partition coefficient (Wildman–Crippen LogP) is 10.3. The maximum absolute atomic E-state index is 7.97. The minimum absolute atomic E-state index is 0.525. The van der Waals surface area contributed by atoms with E-state index in [1.54, 1.807) is 0 Å². The first-order chi connectivity index (χ1) is 22.6. The third kappa shape index (κ3) is 3.75. The number of nitrogens with zero attached hydrogens (tertiary/aromatic N) is 2. The van der Waals surface area contributed by atoms with Crippen molar-refractivity contribution in [3.05, 3.63) is 173 Å². The normalized spacial score (nSPS) is 14.8. The summed E-state index contributed by atoms with van der Waals surface area (Å²) in [5, 5.41) is 7.97. The molecule has 0 aliphatic heterocycles. The number of fused-ring (bicyclic) bond motifs is 10. The van der Waals surface area contributed by atoms with Crippen LogP contribution in [0.15, 0.2) is 140 Å². The fraction of sp³-hybridized carbons (Fsp3) is 0.0930. The van der Waals surface area contributed by atoms with Gasteiger partial charge in [0.05, 0.1) is 16.8 Å². The van der Waals surface area contributed by atoms with Gasteiger partial charge in [0.15, 0.2) is 5.82 Å². The molecule has 0 bridgehead atoms. The maximum atomic E-state index is 7.97. The standard InChI is InChI=1S/C43H31N3/c1-27(44)28-19-21-29(22-20-28)30-23-25-31(26-24-30)40-39-41(46-42(45-40)32-11-3-2-4-12-32)35-15-7-10-18-38(35)43(39)36-16-8-5-13-33(36)34-14-6-9-17-37(34)43/h3,5-26,44H,2,4H2,1H3. The van der Waals surface area contributed by atoms with Crippen molar-refractivity contribution in [3.8, 4) is 44.8 Å². The Labute approximate surface area is 269 Å². The van der Waals surface area contributed by atoms with Gasteiger partial charge in [-0.3, -0.25) is 0 Å². The van der Waals surface area contributed by atoms with Gasteiger partial charge in [0, 0.05) is 28.0 Å². The Morgan fingerprint density at radius 3 is 1.70 bits per heavy atom. The van der Waals surface area contributed by atoms with Gasteiger partial charge in [-0.1, -0.05) is 140 Å². The molecule has 1 heterocycles. The van der Waals surface area contributed by atoms with Gasteiger partial charge < -0.3 is 5.41 Å². The van der Waals surface area contributed by atoms with Crippen molar-refractivity contribution in [1.82, 2.24) is 9.97 Å². The molecule has 5 aromatic carbocycles. The molecule has 0 unspecified atom stereocenters. The van der Waals surface area contributed by atoms with Crippen LogP contribution in [0.3, 0.4) is 0 Å². The third-order valence-corrected chi connectivity index (χ3v) is 9.89. The van der Waals surface area contributed by atoms with Crippen LogP contribution in [-0.2, 0) is 5.41 Å². The first kappa shape index (κ1) is 26.7. The van der Waals surface area contributed by atoms with Crippen LogP contribution in [0.5, 0.6) is 0 Å². The van der Waals surface area contributed by atoms with E-state index in [4.69, 9.17) is 15.4 Å². The molecule has 1 aromatic heterocycles. The van der Waals surface area contributed by atoms with Crippen LogP contribution in [0.25, 0.3) is 50.3 Å². The number of rotatable bonds is 4. The van der Waals surface area contributed by atoms with E-state index in [0.29, 0.717) is 5.71 Å². The van der Waals surface area contributed by atoms with Crippen molar-refractivity contribution < 1.29 is 0 Å². The zero-order valence-electron chi connectivity index (χ0n) is 25.6. The van der Waals surface area contributed by atoms with Crippen LogP contribution in [0.1, 0.15) is 53.4 Å².